The summed E-state index contributed by atoms with van der Waals surface area (Å²) in [5, 5.41) is 0.922. The molecule has 6 nitrogen and oxygen atoms in total. The maximum atomic E-state index is 12.8. The number of pyridine rings is 1. The van der Waals surface area contributed by atoms with Gasteiger partial charge in [-0.2, -0.15) is 5.01 Å². The molecule has 1 aliphatic heterocycles. The Morgan fingerprint density at radius 1 is 1.27 bits per heavy atom. The Kier molecular flexibility index (Phi) is 3.09. The Morgan fingerprint density at radius 2 is 1.91 bits per heavy atom. The predicted octanol–water partition coefficient (Wildman–Crippen LogP) is 1.54. The zero-order valence-electron chi connectivity index (χ0n) is 12.9. The molecule has 2 heterocycles. The van der Waals surface area contributed by atoms with Crippen LogP contribution in [0.4, 0.5) is 0 Å². The first kappa shape index (κ1) is 14.7. The third kappa shape index (κ3) is 1.79. The van der Waals surface area contributed by atoms with Crippen LogP contribution < -0.4 is 5.43 Å². The van der Waals surface area contributed by atoms with Crippen molar-refractivity contribution in [3.05, 3.63) is 30.1 Å². The molecule has 3 rings (SSSR count). The molecule has 1 N–H and O–H groups in total. The quantitative estimate of drug-likeness (QED) is 0.840. The Bertz CT molecular complexity index is 656. The fourth-order valence-electron chi connectivity index (χ4n) is 3.59. The topological polar surface area (TPSA) is 79.4 Å². The number of nitrogens with zero attached hydrogens (tertiary/aromatic N) is 2. The molecule has 0 spiro atoms. The SMILES string of the molecule is CC1(C)[C@H]2CC[C@]1(C)C(=O)N(NC(=O)c1ccncc1)C2=O. The Hall–Kier alpha value is -2.24. The van der Waals surface area contributed by atoms with Crippen LogP contribution in [0.2, 0.25) is 0 Å². The van der Waals surface area contributed by atoms with E-state index >= 15 is 0 Å². The maximum absolute atomic E-state index is 12.8. The first-order valence-corrected chi connectivity index (χ1v) is 7.38. The van der Waals surface area contributed by atoms with Crippen LogP contribution in [0.25, 0.3) is 0 Å². The van der Waals surface area contributed by atoms with Gasteiger partial charge >= 0.3 is 0 Å². The van der Waals surface area contributed by atoms with Crippen molar-refractivity contribution in [2.75, 3.05) is 0 Å². The second-order valence-electron chi connectivity index (χ2n) is 6.80. The van der Waals surface area contributed by atoms with E-state index in [2.05, 4.69) is 10.4 Å². The molecule has 0 radical (unpaired) electrons. The first-order chi connectivity index (χ1) is 10.3. The second kappa shape index (κ2) is 4.63. The normalized spacial score (nSPS) is 29.6. The Balaban J connectivity index is 1.89. The molecule has 1 aromatic heterocycles. The first-order valence-electron chi connectivity index (χ1n) is 7.38. The highest BCUT2D eigenvalue weighted by atomic mass is 16.2. The summed E-state index contributed by atoms with van der Waals surface area (Å²) in [7, 11) is 0. The smallest absolute Gasteiger partial charge is 0.270 e. The minimum absolute atomic E-state index is 0.243. The molecule has 22 heavy (non-hydrogen) atoms. The number of fused-ring (bicyclic) bond motifs is 2. The summed E-state index contributed by atoms with van der Waals surface area (Å²) >= 11 is 0. The van der Waals surface area contributed by atoms with E-state index in [9.17, 15) is 14.4 Å². The van der Waals surface area contributed by atoms with Crippen LogP contribution in [-0.2, 0) is 9.59 Å². The lowest BCUT2D eigenvalue weighted by atomic mass is 9.63. The van der Waals surface area contributed by atoms with Crippen LogP contribution in [0.5, 0.6) is 0 Å². The van der Waals surface area contributed by atoms with Crippen molar-refractivity contribution in [1.82, 2.24) is 15.4 Å². The number of aromatic nitrogens is 1. The molecule has 2 aliphatic rings. The minimum Gasteiger partial charge on any atom is -0.272 e. The third-order valence-corrected chi connectivity index (χ3v) is 5.58. The van der Waals surface area contributed by atoms with E-state index in [1.807, 2.05) is 20.8 Å². The van der Waals surface area contributed by atoms with Gasteiger partial charge in [-0.15, -0.1) is 0 Å². The molecule has 1 aromatic rings. The number of carbonyl (C=O) groups is 3. The van der Waals surface area contributed by atoms with Crippen molar-refractivity contribution < 1.29 is 14.4 Å². The van der Waals surface area contributed by atoms with Gasteiger partial charge in [0.15, 0.2) is 0 Å². The van der Waals surface area contributed by atoms with Gasteiger partial charge in [0, 0.05) is 23.9 Å². The van der Waals surface area contributed by atoms with Gasteiger partial charge in [-0.25, -0.2) is 0 Å². The lowest BCUT2D eigenvalue weighted by molar-refractivity contribution is -0.171. The van der Waals surface area contributed by atoms with E-state index in [0.717, 1.165) is 5.01 Å². The molecule has 2 atom stereocenters. The number of amides is 3. The van der Waals surface area contributed by atoms with Gasteiger partial charge < -0.3 is 0 Å². The van der Waals surface area contributed by atoms with Crippen molar-refractivity contribution in [2.45, 2.75) is 33.6 Å². The van der Waals surface area contributed by atoms with Crippen LogP contribution in [0.15, 0.2) is 24.5 Å². The largest absolute Gasteiger partial charge is 0.272 e. The number of hydrogen-bond donors (Lipinski definition) is 1. The highest BCUT2D eigenvalue weighted by Gasteiger charge is 2.64. The fourth-order valence-corrected chi connectivity index (χ4v) is 3.59. The number of piperidine rings is 1. The minimum atomic E-state index is -0.628. The number of hydrazine groups is 1. The van der Waals surface area contributed by atoms with E-state index in [4.69, 9.17) is 0 Å². The highest BCUT2D eigenvalue weighted by molar-refractivity contribution is 6.06. The van der Waals surface area contributed by atoms with E-state index < -0.39 is 11.3 Å². The molecule has 1 saturated carbocycles. The van der Waals surface area contributed by atoms with Gasteiger partial charge in [0.2, 0.25) is 0 Å². The summed E-state index contributed by atoms with van der Waals surface area (Å²) in [6.45, 7) is 5.80. The van der Waals surface area contributed by atoms with E-state index in [1.54, 1.807) is 0 Å². The van der Waals surface area contributed by atoms with Gasteiger partial charge in [0.25, 0.3) is 17.7 Å². The van der Waals surface area contributed by atoms with E-state index in [0.29, 0.717) is 18.4 Å². The number of hydrogen-bond acceptors (Lipinski definition) is 4. The van der Waals surface area contributed by atoms with Gasteiger partial charge in [-0.05, 0) is 30.4 Å². The Labute approximate surface area is 128 Å². The van der Waals surface area contributed by atoms with Crippen LogP contribution in [0.1, 0.15) is 44.0 Å². The molecule has 2 bridgehead atoms. The lowest BCUT2D eigenvalue weighted by Gasteiger charge is -2.47. The standard InChI is InChI=1S/C16H19N3O3/c1-15(2)11-4-7-16(15,3)14(22)19(13(11)21)18-12(20)10-5-8-17-9-6-10/h5-6,8-9,11H,4,7H2,1-3H3,(H,18,20)/t11-,16+/m0/s1. The molecule has 0 unspecified atom stereocenters. The van der Waals surface area contributed by atoms with Gasteiger partial charge in [-0.1, -0.05) is 20.8 Å². The second-order valence-corrected chi connectivity index (χ2v) is 6.80. The lowest BCUT2D eigenvalue weighted by Crippen LogP contribution is -2.63. The molecule has 3 amide bonds. The van der Waals surface area contributed by atoms with Gasteiger partial charge in [0.1, 0.15) is 0 Å². The monoisotopic (exact) mass is 301 g/mol. The molecular weight excluding hydrogens is 282 g/mol. The molecule has 0 aromatic carbocycles. The zero-order chi connectivity index (χ0) is 16.1. The van der Waals surface area contributed by atoms with Gasteiger partial charge in [-0.3, -0.25) is 24.8 Å². The number of rotatable bonds is 2. The summed E-state index contributed by atoms with van der Waals surface area (Å²) in [5.41, 5.74) is 1.81. The summed E-state index contributed by atoms with van der Waals surface area (Å²) in [6.07, 6.45) is 4.32. The summed E-state index contributed by atoms with van der Waals surface area (Å²) < 4.78 is 0. The molecule has 1 saturated heterocycles. The molecular formula is C16H19N3O3. The van der Waals surface area contributed by atoms with Crippen LogP contribution in [0, 0.1) is 16.7 Å². The zero-order valence-corrected chi connectivity index (χ0v) is 12.9. The van der Waals surface area contributed by atoms with Crippen LogP contribution in [0.3, 0.4) is 0 Å². The average Bonchev–Trinajstić information content (AvgIpc) is 2.69. The van der Waals surface area contributed by atoms with Crippen molar-refractivity contribution in [3.8, 4) is 0 Å². The number of imide groups is 1. The highest BCUT2D eigenvalue weighted by Crippen LogP contribution is 2.59. The van der Waals surface area contributed by atoms with Crippen molar-refractivity contribution in [1.29, 1.82) is 0 Å². The average molecular weight is 301 g/mol. The van der Waals surface area contributed by atoms with Crippen LogP contribution in [-0.4, -0.2) is 27.7 Å². The summed E-state index contributed by atoms with van der Waals surface area (Å²) in [4.78, 5) is 41.4. The summed E-state index contributed by atoms with van der Waals surface area (Å²) in [5.74, 6) is -1.36. The van der Waals surface area contributed by atoms with Crippen molar-refractivity contribution >= 4 is 17.7 Å². The summed E-state index contributed by atoms with van der Waals surface area (Å²) in [6, 6.07) is 3.07. The van der Waals surface area contributed by atoms with Crippen molar-refractivity contribution in [3.63, 3.8) is 0 Å². The van der Waals surface area contributed by atoms with E-state index in [1.165, 1.54) is 24.5 Å². The van der Waals surface area contributed by atoms with Crippen LogP contribution >= 0.6 is 0 Å². The molecule has 1 aliphatic carbocycles. The van der Waals surface area contributed by atoms with Crippen molar-refractivity contribution in [2.24, 2.45) is 16.7 Å². The number of nitrogens with one attached hydrogen (secondary N) is 1. The Morgan fingerprint density at radius 3 is 2.55 bits per heavy atom. The third-order valence-electron chi connectivity index (χ3n) is 5.58. The fraction of sp³-hybridized carbons (Fsp3) is 0.500. The molecule has 116 valence electrons. The van der Waals surface area contributed by atoms with E-state index in [-0.39, 0.29) is 23.1 Å². The molecule has 2 fully saturated rings. The van der Waals surface area contributed by atoms with Gasteiger partial charge in [0.05, 0.1) is 5.41 Å². The number of carbonyl (C=O) groups excluding carboxylic acids is 3. The predicted molar refractivity (Wildman–Crippen MR) is 78.2 cm³/mol. The maximum Gasteiger partial charge on any atom is 0.270 e. The molecule has 6 heteroatoms.